The fourth-order valence-electron chi connectivity index (χ4n) is 4.94. The summed E-state index contributed by atoms with van der Waals surface area (Å²) in [6.07, 6.45) is 2.58. The van der Waals surface area contributed by atoms with E-state index in [2.05, 4.69) is 57.0 Å². The lowest BCUT2D eigenvalue weighted by atomic mass is 10.0. The van der Waals surface area contributed by atoms with Crippen LogP contribution in [0.4, 0.5) is 11.4 Å². The Kier molecular flexibility index (Phi) is 5.78. The molecule has 3 atom stereocenters. The summed E-state index contributed by atoms with van der Waals surface area (Å²) in [5.41, 5.74) is 4.36. The Labute approximate surface area is 193 Å². The molecule has 168 valence electrons. The maximum Gasteiger partial charge on any atom is 0.263 e. The molecule has 1 amide bonds. The minimum Gasteiger partial charge on any atom is -0.386 e. The van der Waals surface area contributed by atoms with Gasteiger partial charge in [0.1, 0.15) is 9.71 Å². The number of benzene rings is 1. The molecule has 1 aromatic carbocycles. The zero-order valence-electron chi connectivity index (χ0n) is 18.9. The lowest BCUT2D eigenvalue weighted by Gasteiger charge is -2.34. The Morgan fingerprint density at radius 2 is 1.91 bits per heavy atom. The molecule has 2 aliphatic rings. The topological polar surface area (TPSA) is 69.3 Å². The Hall–Kier alpha value is -2.64. The van der Waals surface area contributed by atoms with Gasteiger partial charge in [0.05, 0.1) is 5.69 Å². The second-order valence-electron chi connectivity index (χ2n) is 9.11. The van der Waals surface area contributed by atoms with Crippen LogP contribution in [0.15, 0.2) is 36.4 Å². The van der Waals surface area contributed by atoms with Crippen LogP contribution >= 0.6 is 11.3 Å². The van der Waals surface area contributed by atoms with Crippen molar-refractivity contribution in [3.8, 4) is 0 Å². The van der Waals surface area contributed by atoms with E-state index in [4.69, 9.17) is 0 Å². The maximum atomic E-state index is 13.0. The van der Waals surface area contributed by atoms with E-state index >= 15 is 0 Å². The van der Waals surface area contributed by atoms with Crippen LogP contribution in [0.25, 0.3) is 10.2 Å². The third kappa shape index (κ3) is 4.07. The molecule has 0 saturated carbocycles. The van der Waals surface area contributed by atoms with Gasteiger partial charge in [-0.15, -0.1) is 11.3 Å². The van der Waals surface area contributed by atoms with E-state index in [1.54, 1.807) is 0 Å². The molecule has 2 aromatic heterocycles. The number of amides is 1. The van der Waals surface area contributed by atoms with Gasteiger partial charge in [0.25, 0.3) is 5.91 Å². The molecule has 7 heteroatoms. The van der Waals surface area contributed by atoms with Crippen molar-refractivity contribution in [3.63, 3.8) is 0 Å². The van der Waals surface area contributed by atoms with Gasteiger partial charge < -0.3 is 20.9 Å². The molecule has 0 spiro atoms. The average Bonchev–Trinajstić information content (AvgIpc) is 3.35. The van der Waals surface area contributed by atoms with Crippen molar-refractivity contribution in [2.45, 2.75) is 44.7 Å². The van der Waals surface area contributed by atoms with E-state index in [1.807, 2.05) is 26.1 Å². The lowest BCUT2D eigenvalue weighted by molar-refractivity contribution is 0.0956. The number of pyridine rings is 1. The van der Waals surface area contributed by atoms with E-state index in [9.17, 15) is 4.79 Å². The molecule has 0 radical (unpaired) electrons. The van der Waals surface area contributed by atoms with Gasteiger partial charge in [-0.25, -0.2) is 4.98 Å². The summed E-state index contributed by atoms with van der Waals surface area (Å²) >= 11 is 1.45. The number of carbonyl (C=O) groups excluding carboxylic acids is 1. The van der Waals surface area contributed by atoms with Crippen molar-refractivity contribution in [2.24, 2.45) is 0 Å². The Morgan fingerprint density at radius 3 is 2.59 bits per heavy atom. The number of anilines is 2. The van der Waals surface area contributed by atoms with Crippen LogP contribution in [-0.2, 0) is 0 Å². The number of thiophene rings is 1. The highest BCUT2D eigenvalue weighted by Crippen LogP contribution is 2.34. The van der Waals surface area contributed by atoms with E-state index in [-0.39, 0.29) is 11.8 Å². The van der Waals surface area contributed by atoms with Crippen LogP contribution < -0.4 is 20.9 Å². The second kappa shape index (κ2) is 8.71. The smallest absolute Gasteiger partial charge is 0.263 e. The summed E-state index contributed by atoms with van der Waals surface area (Å²) < 4.78 is 0. The predicted molar refractivity (Wildman–Crippen MR) is 133 cm³/mol. The number of carbonyl (C=O) groups is 1. The molecule has 2 saturated heterocycles. The first-order chi connectivity index (χ1) is 15.5. The molecule has 3 aromatic rings. The molecule has 2 fully saturated rings. The normalized spacial score (nSPS) is 21.0. The second-order valence-corrected chi connectivity index (χ2v) is 10.1. The molecule has 5 rings (SSSR count). The largest absolute Gasteiger partial charge is 0.386 e. The molecule has 0 aliphatic carbocycles. The summed E-state index contributed by atoms with van der Waals surface area (Å²) in [4.78, 5) is 21.6. The van der Waals surface area contributed by atoms with Gasteiger partial charge in [-0.1, -0.05) is 19.1 Å². The van der Waals surface area contributed by atoms with Gasteiger partial charge in [0.15, 0.2) is 0 Å². The van der Waals surface area contributed by atoms with Crippen molar-refractivity contribution in [3.05, 3.63) is 52.5 Å². The van der Waals surface area contributed by atoms with Crippen LogP contribution in [0.5, 0.6) is 0 Å². The van der Waals surface area contributed by atoms with E-state index in [0.717, 1.165) is 34.7 Å². The average molecular weight is 450 g/mol. The number of fused-ring (bicyclic) bond motifs is 3. The molecule has 2 aliphatic heterocycles. The SMILES string of the molecule is CNc1c(C(=O)NC[C@@H](C)c2ccc(N3C[C@H]4CC[C@@H](C3)N4)cc2)sc2nc(C)ccc12. The summed E-state index contributed by atoms with van der Waals surface area (Å²) in [6, 6.07) is 14.2. The predicted octanol–water partition coefficient (Wildman–Crippen LogP) is 4.12. The van der Waals surface area contributed by atoms with Crippen molar-refractivity contribution in [2.75, 3.05) is 36.9 Å². The third-order valence-corrected chi connectivity index (χ3v) is 7.86. The minimum absolute atomic E-state index is 0.0465. The number of piperazine rings is 1. The molecule has 2 bridgehead atoms. The molecule has 0 unspecified atom stereocenters. The van der Waals surface area contributed by atoms with Crippen molar-refractivity contribution in [1.82, 2.24) is 15.6 Å². The fraction of sp³-hybridized carbons (Fsp3) is 0.440. The van der Waals surface area contributed by atoms with Crippen LogP contribution in [0, 0.1) is 6.92 Å². The van der Waals surface area contributed by atoms with E-state index in [1.165, 1.54) is 35.4 Å². The van der Waals surface area contributed by atoms with Gasteiger partial charge in [-0.2, -0.15) is 0 Å². The molecule has 32 heavy (non-hydrogen) atoms. The van der Waals surface area contributed by atoms with Crippen molar-refractivity contribution >= 4 is 38.8 Å². The standard InChI is InChI=1S/C25H31N5OS/c1-15(17-5-9-20(10-6-17)30-13-18-7-8-19(14-30)29-18)12-27-24(31)23-22(26-3)21-11-4-16(2)28-25(21)32-23/h4-6,9-11,15,18-19,26,29H,7-8,12-14H2,1-3H3,(H,27,31)/t15-,18-,19+/m1/s1. The number of nitrogens with one attached hydrogen (secondary N) is 3. The number of hydrogen-bond donors (Lipinski definition) is 3. The molecular formula is C25H31N5OS. The zero-order chi connectivity index (χ0) is 22.2. The van der Waals surface area contributed by atoms with Crippen molar-refractivity contribution in [1.29, 1.82) is 0 Å². The third-order valence-electron chi connectivity index (χ3n) is 6.76. The monoisotopic (exact) mass is 449 g/mol. The Bertz CT molecular complexity index is 1110. The highest BCUT2D eigenvalue weighted by molar-refractivity contribution is 7.21. The minimum atomic E-state index is -0.0465. The lowest BCUT2D eigenvalue weighted by Crippen LogP contribution is -2.51. The summed E-state index contributed by atoms with van der Waals surface area (Å²) in [5, 5.41) is 11.0. The maximum absolute atomic E-state index is 13.0. The fourth-order valence-corrected chi connectivity index (χ4v) is 6.09. The van der Waals surface area contributed by atoms with Gasteiger partial charge in [-0.05, 0) is 55.5 Å². The highest BCUT2D eigenvalue weighted by atomic mass is 32.1. The first kappa shape index (κ1) is 21.2. The summed E-state index contributed by atoms with van der Waals surface area (Å²) in [7, 11) is 1.85. The van der Waals surface area contributed by atoms with E-state index < -0.39 is 0 Å². The summed E-state index contributed by atoms with van der Waals surface area (Å²) in [5.74, 6) is 0.190. The molecule has 4 heterocycles. The van der Waals surface area contributed by atoms with Gasteiger partial charge >= 0.3 is 0 Å². The van der Waals surface area contributed by atoms with Gasteiger partial charge in [0, 0.05) is 55.5 Å². The number of aromatic nitrogens is 1. The van der Waals surface area contributed by atoms with Crippen LogP contribution in [-0.4, -0.2) is 49.7 Å². The number of aryl methyl sites for hydroxylation is 1. The Morgan fingerprint density at radius 1 is 1.19 bits per heavy atom. The van der Waals surface area contributed by atoms with Gasteiger partial charge in [0.2, 0.25) is 0 Å². The number of rotatable bonds is 6. The zero-order valence-corrected chi connectivity index (χ0v) is 19.8. The summed E-state index contributed by atoms with van der Waals surface area (Å²) in [6.45, 7) is 6.92. The van der Waals surface area contributed by atoms with Crippen LogP contribution in [0.1, 0.15) is 46.6 Å². The number of hydrogen-bond acceptors (Lipinski definition) is 6. The molecule has 3 N–H and O–H groups in total. The van der Waals surface area contributed by atoms with Crippen LogP contribution in [0.3, 0.4) is 0 Å². The molecular weight excluding hydrogens is 418 g/mol. The van der Waals surface area contributed by atoms with E-state index in [0.29, 0.717) is 23.5 Å². The van der Waals surface area contributed by atoms with Crippen molar-refractivity contribution < 1.29 is 4.79 Å². The van der Waals surface area contributed by atoms with Gasteiger partial charge in [-0.3, -0.25) is 4.79 Å². The quantitative estimate of drug-likeness (QED) is 0.528. The van der Waals surface area contributed by atoms with Crippen LogP contribution in [0.2, 0.25) is 0 Å². The first-order valence-electron chi connectivity index (χ1n) is 11.5. The first-order valence-corrected chi connectivity index (χ1v) is 12.3. The number of nitrogens with zero attached hydrogens (tertiary/aromatic N) is 2. The molecule has 6 nitrogen and oxygen atoms in total. The highest BCUT2D eigenvalue weighted by Gasteiger charge is 2.32. The Balaban J connectivity index is 1.23.